The molecule has 112 valence electrons. The summed E-state index contributed by atoms with van der Waals surface area (Å²) in [6.07, 6.45) is 1.60. The lowest BCUT2D eigenvalue weighted by Crippen LogP contribution is -2.45. The minimum absolute atomic E-state index is 0. The van der Waals surface area contributed by atoms with Gasteiger partial charge in [-0.25, -0.2) is 8.42 Å². The molecule has 1 aromatic rings. The number of sulfonamides is 1. The lowest BCUT2D eigenvalue weighted by atomic mass is 10.1. The Hall–Kier alpha value is -1.15. The molecule has 6 nitrogen and oxygen atoms in total. The predicted octanol–water partition coefficient (Wildman–Crippen LogP) is 0.319. The van der Waals surface area contributed by atoms with E-state index in [1.54, 1.807) is 0 Å². The van der Waals surface area contributed by atoms with Crippen molar-refractivity contribution in [2.24, 2.45) is 11.5 Å². The first-order valence-corrected chi connectivity index (χ1v) is 7.51. The molecule has 1 aliphatic rings. The molecule has 1 aliphatic heterocycles. The van der Waals surface area contributed by atoms with Gasteiger partial charge >= 0.3 is 0 Å². The zero-order valence-corrected chi connectivity index (χ0v) is 12.5. The van der Waals surface area contributed by atoms with Crippen LogP contribution in [-0.4, -0.2) is 37.8 Å². The second-order valence-corrected chi connectivity index (χ2v) is 6.59. The first kappa shape index (κ1) is 16.9. The predicted molar refractivity (Wildman–Crippen MR) is 78.2 cm³/mol. The maximum absolute atomic E-state index is 12.4. The summed E-state index contributed by atoms with van der Waals surface area (Å²) >= 11 is 0. The third kappa shape index (κ3) is 3.49. The average molecular weight is 320 g/mol. The minimum atomic E-state index is -3.54. The van der Waals surface area contributed by atoms with Gasteiger partial charge in [0.05, 0.1) is 4.90 Å². The van der Waals surface area contributed by atoms with Gasteiger partial charge in [-0.05, 0) is 37.1 Å². The second kappa shape index (κ2) is 6.53. The van der Waals surface area contributed by atoms with Crippen molar-refractivity contribution in [3.63, 3.8) is 0 Å². The molecule has 20 heavy (non-hydrogen) atoms. The van der Waals surface area contributed by atoms with Gasteiger partial charge in [0.2, 0.25) is 15.9 Å². The van der Waals surface area contributed by atoms with Gasteiger partial charge in [-0.2, -0.15) is 4.31 Å². The average Bonchev–Trinajstić information content (AvgIpc) is 2.39. The van der Waals surface area contributed by atoms with Gasteiger partial charge in [-0.15, -0.1) is 12.4 Å². The van der Waals surface area contributed by atoms with Crippen LogP contribution < -0.4 is 11.5 Å². The molecule has 8 heteroatoms. The van der Waals surface area contributed by atoms with Crippen LogP contribution in [0.4, 0.5) is 0 Å². The van der Waals surface area contributed by atoms with Crippen LogP contribution in [0.3, 0.4) is 0 Å². The lowest BCUT2D eigenvalue weighted by Gasteiger charge is -2.29. The first-order valence-electron chi connectivity index (χ1n) is 6.07. The van der Waals surface area contributed by atoms with Gasteiger partial charge in [0.25, 0.3) is 0 Å². The molecule has 1 unspecified atom stereocenters. The van der Waals surface area contributed by atoms with Gasteiger partial charge in [-0.3, -0.25) is 4.79 Å². The van der Waals surface area contributed by atoms with E-state index in [2.05, 4.69) is 0 Å². The summed E-state index contributed by atoms with van der Waals surface area (Å²) in [4.78, 5) is 11.1. The van der Waals surface area contributed by atoms with Crippen LogP contribution in [0.2, 0.25) is 0 Å². The smallest absolute Gasteiger partial charge is 0.248 e. The molecule has 0 spiro atoms. The Morgan fingerprint density at radius 1 is 1.25 bits per heavy atom. The van der Waals surface area contributed by atoms with Crippen molar-refractivity contribution in [2.75, 3.05) is 13.1 Å². The summed E-state index contributed by atoms with van der Waals surface area (Å²) in [6, 6.07) is 5.51. The van der Waals surface area contributed by atoms with Crippen LogP contribution in [0.5, 0.6) is 0 Å². The third-order valence-corrected chi connectivity index (χ3v) is 5.08. The highest BCUT2D eigenvalue weighted by molar-refractivity contribution is 7.89. The summed E-state index contributed by atoms with van der Waals surface area (Å²) in [5.74, 6) is -0.580. The van der Waals surface area contributed by atoms with Crippen LogP contribution >= 0.6 is 12.4 Å². The Labute approximate surface area is 124 Å². The van der Waals surface area contributed by atoms with E-state index in [9.17, 15) is 13.2 Å². The molecular formula is C12H18ClN3O3S. The van der Waals surface area contributed by atoms with E-state index in [0.717, 1.165) is 12.8 Å². The Morgan fingerprint density at radius 2 is 1.85 bits per heavy atom. The molecule has 1 fully saturated rings. The van der Waals surface area contributed by atoms with E-state index in [4.69, 9.17) is 11.5 Å². The Morgan fingerprint density at radius 3 is 2.35 bits per heavy atom. The fraction of sp³-hybridized carbons (Fsp3) is 0.417. The number of piperidine rings is 1. The number of hydrogen-bond acceptors (Lipinski definition) is 4. The molecule has 0 aliphatic carbocycles. The van der Waals surface area contributed by atoms with Crippen LogP contribution in [0, 0.1) is 0 Å². The molecule has 1 saturated heterocycles. The summed E-state index contributed by atoms with van der Waals surface area (Å²) in [5, 5.41) is 0. The first-order chi connectivity index (χ1) is 8.91. The number of hydrogen-bond donors (Lipinski definition) is 2. The van der Waals surface area contributed by atoms with E-state index < -0.39 is 15.9 Å². The summed E-state index contributed by atoms with van der Waals surface area (Å²) in [7, 11) is -3.54. The number of nitrogens with zero attached hydrogens (tertiary/aromatic N) is 1. The van der Waals surface area contributed by atoms with Crippen molar-refractivity contribution < 1.29 is 13.2 Å². The van der Waals surface area contributed by atoms with Crippen LogP contribution in [0.1, 0.15) is 23.2 Å². The minimum Gasteiger partial charge on any atom is -0.366 e. The molecule has 1 amide bonds. The topological polar surface area (TPSA) is 106 Å². The molecule has 4 N–H and O–H groups in total. The molecule has 0 radical (unpaired) electrons. The van der Waals surface area contributed by atoms with E-state index in [-0.39, 0.29) is 28.9 Å². The highest BCUT2D eigenvalue weighted by Crippen LogP contribution is 2.20. The van der Waals surface area contributed by atoms with Crippen LogP contribution in [0.15, 0.2) is 29.2 Å². The number of nitrogens with two attached hydrogens (primary N) is 2. The van der Waals surface area contributed by atoms with Crippen molar-refractivity contribution >= 4 is 28.3 Å². The van der Waals surface area contributed by atoms with E-state index in [1.165, 1.54) is 28.6 Å². The number of benzene rings is 1. The van der Waals surface area contributed by atoms with Crippen molar-refractivity contribution in [1.82, 2.24) is 4.31 Å². The highest BCUT2D eigenvalue weighted by atomic mass is 35.5. The van der Waals surface area contributed by atoms with Gasteiger partial charge in [0, 0.05) is 24.7 Å². The quantitative estimate of drug-likeness (QED) is 0.836. The summed E-state index contributed by atoms with van der Waals surface area (Å²) < 4.78 is 26.1. The maximum atomic E-state index is 12.4. The lowest BCUT2D eigenvalue weighted by molar-refractivity contribution is 0.1000. The van der Waals surface area contributed by atoms with Gasteiger partial charge in [0.1, 0.15) is 0 Å². The number of carbonyl (C=O) groups is 1. The van der Waals surface area contributed by atoms with E-state index in [0.29, 0.717) is 13.1 Å². The van der Waals surface area contributed by atoms with Gasteiger partial charge in [-0.1, -0.05) is 0 Å². The van der Waals surface area contributed by atoms with Gasteiger partial charge in [0.15, 0.2) is 0 Å². The Bertz CT molecular complexity index is 574. The molecule has 1 atom stereocenters. The Kier molecular flexibility index (Phi) is 5.52. The SMILES string of the molecule is Cl.NC(=O)c1ccc(S(=O)(=O)N2CCCC(N)C2)cc1. The van der Waals surface area contributed by atoms with Crippen molar-refractivity contribution in [3.05, 3.63) is 29.8 Å². The van der Waals surface area contributed by atoms with E-state index in [1.807, 2.05) is 0 Å². The Balaban J connectivity index is 0.00000200. The van der Waals surface area contributed by atoms with Crippen LogP contribution in [-0.2, 0) is 10.0 Å². The monoisotopic (exact) mass is 319 g/mol. The summed E-state index contributed by atoms with van der Waals surface area (Å²) in [5.41, 5.74) is 11.2. The zero-order valence-electron chi connectivity index (χ0n) is 10.9. The van der Waals surface area contributed by atoms with E-state index >= 15 is 0 Å². The molecule has 1 aromatic carbocycles. The zero-order chi connectivity index (χ0) is 14.0. The number of halogens is 1. The maximum Gasteiger partial charge on any atom is 0.248 e. The molecule has 1 heterocycles. The van der Waals surface area contributed by atoms with Crippen LogP contribution in [0.25, 0.3) is 0 Å². The number of carbonyl (C=O) groups excluding carboxylic acids is 1. The largest absolute Gasteiger partial charge is 0.366 e. The molecule has 0 aromatic heterocycles. The number of rotatable bonds is 3. The fourth-order valence-corrected chi connectivity index (χ4v) is 3.67. The second-order valence-electron chi connectivity index (χ2n) is 4.65. The van der Waals surface area contributed by atoms with Crippen molar-refractivity contribution in [1.29, 1.82) is 0 Å². The number of primary amides is 1. The summed E-state index contributed by atoms with van der Waals surface area (Å²) in [6.45, 7) is 0.813. The van der Waals surface area contributed by atoms with Crippen molar-refractivity contribution in [2.45, 2.75) is 23.8 Å². The molecular weight excluding hydrogens is 302 g/mol. The standard InChI is InChI=1S/C12H17N3O3S.ClH/c13-10-2-1-7-15(8-10)19(17,18)11-5-3-9(4-6-11)12(14)16;/h3-6,10H,1-2,7-8,13H2,(H2,14,16);1H. The fourth-order valence-electron chi connectivity index (χ4n) is 2.13. The normalized spacial score (nSPS) is 20.1. The molecule has 2 rings (SSSR count). The molecule has 0 bridgehead atoms. The van der Waals surface area contributed by atoms with Crippen molar-refractivity contribution in [3.8, 4) is 0 Å². The third-order valence-electron chi connectivity index (χ3n) is 3.20. The highest BCUT2D eigenvalue weighted by Gasteiger charge is 2.28. The molecule has 0 saturated carbocycles. The van der Waals surface area contributed by atoms with Gasteiger partial charge < -0.3 is 11.5 Å². The number of amides is 1.